The van der Waals surface area contributed by atoms with E-state index in [0.717, 1.165) is 17.4 Å². The Morgan fingerprint density at radius 3 is 2.33 bits per heavy atom. The zero-order chi connectivity index (χ0) is 14.5. The van der Waals surface area contributed by atoms with Crippen molar-refractivity contribution in [2.24, 2.45) is 0 Å². The van der Waals surface area contributed by atoms with Crippen molar-refractivity contribution >= 4 is 19.4 Å². The molecule has 3 rings (SSSR count). The van der Waals surface area contributed by atoms with Gasteiger partial charge < -0.3 is 0 Å². The number of nitrogens with zero attached hydrogens (tertiary/aromatic N) is 1. The van der Waals surface area contributed by atoms with E-state index in [-0.39, 0.29) is 0 Å². The molecular weight excluding hydrogens is 321 g/mol. The summed E-state index contributed by atoms with van der Waals surface area (Å²) in [7, 11) is 0. The molecule has 0 saturated carbocycles. The Kier molecular flexibility index (Phi) is 5.13. The summed E-state index contributed by atoms with van der Waals surface area (Å²) in [4.78, 5) is 3.57. The summed E-state index contributed by atoms with van der Waals surface area (Å²) in [6.07, 6.45) is 2.65. The van der Waals surface area contributed by atoms with E-state index < -0.39 is 0 Å². The molecule has 1 aliphatic heterocycles. The molecule has 2 atom stereocenters. The fourth-order valence-electron chi connectivity index (χ4n) is 3.15. The van der Waals surface area contributed by atoms with Crippen molar-refractivity contribution in [2.75, 3.05) is 6.54 Å². The fourth-order valence-corrected chi connectivity index (χ4v) is 5.84. The van der Waals surface area contributed by atoms with Crippen molar-refractivity contribution in [3.63, 3.8) is 0 Å². The molecule has 1 nitrogen and oxygen atoms in total. The van der Waals surface area contributed by atoms with Crippen LogP contribution in [-0.4, -0.2) is 32.4 Å². The molecule has 0 aromatic heterocycles. The maximum absolute atomic E-state index is 2.70. The van der Waals surface area contributed by atoms with Gasteiger partial charge in [-0.2, -0.15) is 0 Å². The molecule has 1 fully saturated rings. The average Bonchev–Trinajstić information content (AvgIpc) is 2.91. The van der Waals surface area contributed by atoms with Gasteiger partial charge in [-0.05, 0) is 0 Å². The molecule has 1 heterocycles. The summed E-state index contributed by atoms with van der Waals surface area (Å²) in [5.41, 5.74) is 1.45. The molecule has 21 heavy (non-hydrogen) atoms. The molecule has 0 bridgehead atoms. The topological polar surface area (TPSA) is 3.24 Å². The molecule has 0 N–H and O–H groups in total. The Hall–Kier alpha value is -1.08. The second-order valence-corrected chi connectivity index (χ2v) is 8.65. The van der Waals surface area contributed by atoms with Crippen LogP contribution in [0.15, 0.2) is 60.7 Å². The van der Waals surface area contributed by atoms with Crippen LogP contribution in [0.4, 0.5) is 0 Å². The van der Waals surface area contributed by atoms with E-state index in [2.05, 4.69) is 72.5 Å². The van der Waals surface area contributed by atoms with Crippen LogP contribution in [0.25, 0.3) is 0 Å². The van der Waals surface area contributed by atoms with Crippen molar-refractivity contribution < 1.29 is 0 Å². The summed E-state index contributed by atoms with van der Waals surface area (Å²) in [6, 6.07) is 22.7. The van der Waals surface area contributed by atoms with E-state index in [1.807, 2.05) is 0 Å². The summed E-state index contributed by atoms with van der Waals surface area (Å²) in [6.45, 7) is 4.71. The van der Waals surface area contributed by atoms with Gasteiger partial charge >= 0.3 is 134 Å². The first-order valence-electron chi connectivity index (χ1n) is 7.85. The molecule has 2 aromatic carbocycles. The first-order chi connectivity index (χ1) is 10.3. The van der Waals surface area contributed by atoms with E-state index in [1.54, 1.807) is 4.46 Å². The van der Waals surface area contributed by atoms with E-state index in [0.29, 0.717) is 15.0 Å². The minimum absolute atomic E-state index is 0.611. The maximum atomic E-state index is 2.70. The van der Waals surface area contributed by atoms with Gasteiger partial charge in [-0.15, -0.1) is 0 Å². The van der Waals surface area contributed by atoms with Crippen LogP contribution in [0, 0.1) is 0 Å². The normalized spacial score (nSPS) is 22.5. The monoisotopic (exact) mass is 345 g/mol. The van der Waals surface area contributed by atoms with Crippen LogP contribution in [0.2, 0.25) is 4.82 Å². The predicted molar refractivity (Wildman–Crippen MR) is 91.1 cm³/mol. The second kappa shape index (κ2) is 7.26. The molecule has 2 aromatic rings. The molecule has 1 aliphatic rings. The molecule has 1 saturated heterocycles. The fraction of sp³-hybridized carbons (Fsp3) is 0.368. The number of benzene rings is 2. The third-order valence-electron chi connectivity index (χ3n) is 4.24. The van der Waals surface area contributed by atoms with Crippen molar-refractivity contribution in [2.45, 2.75) is 37.2 Å². The van der Waals surface area contributed by atoms with Gasteiger partial charge in [0.2, 0.25) is 0 Å². The standard InChI is InChI=1S/C19H23NSe/c1-2-17-13-19(21-18-11-7-4-8-12-18)15-20(17)14-16-9-5-3-6-10-16/h3-12,17,19H,2,13-15H2,1H3. The molecule has 110 valence electrons. The minimum atomic E-state index is 0.611. The molecule has 2 unspecified atom stereocenters. The number of likely N-dealkylation sites (tertiary alicyclic amines) is 1. The first kappa shape index (κ1) is 14.8. The number of hydrogen-bond donors (Lipinski definition) is 0. The van der Waals surface area contributed by atoms with Gasteiger partial charge in [-0.1, -0.05) is 0 Å². The summed E-state index contributed by atoms with van der Waals surface area (Å²) < 4.78 is 1.55. The van der Waals surface area contributed by atoms with E-state index in [9.17, 15) is 0 Å². The Labute approximate surface area is 134 Å². The Morgan fingerprint density at radius 1 is 1.00 bits per heavy atom. The van der Waals surface area contributed by atoms with Crippen LogP contribution in [-0.2, 0) is 6.54 Å². The van der Waals surface area contributed by atoms with Gasteiger partial charge in [0, 0.05) is 0 Å². The van der Waals surface area contributed by atoms with Crippen LogP contribution in [0.5, 0.6) is 0 Å². The van der Waals surface area contributed by atoms with E-state index in [4.69, 9.17) is 0 Å². The van der Waals surface area contributed by atoms with Crippen molar-refractivity contribution in [1.29, 1.82) is 0 Å². The zero-order valence-electron chi connectivity index (χ0n) is 12.6. The Morgan fingerprint density at radius 2 is 1.67 bits per heavy atom. The van der Waals surface area contributed by atoms with E-state index in [1.165, 1.54) is 24.9 Å². The summed E-state index contributed by atoms with van der Waals surface area (Å²) >= 11 is 0.611. The van der Waals surface area contributed by atoms with Gasteiger partial charge in [-0.25, -0.2) is 0 Å². The number of rotatable bonds is 5. The molecule has 0 radical (unpaired) electrons. The Balaban J connectivity index is 1.63. The van der Waals surface area contributed by atoms with Crippen molar-refractivity contribution in [1.82, 2.24) is 4.90 Å². The molecule has 2 heteroatoms. The molecular formula is C19H23NSe. The number of hydrogen-bond acceptors (Lipinski definition) is 1. The van der Waals surface area contributed by atoms with Crippen LogP contribution < -0.4 is 4.46 Å². The van der Waals surface area contributed by atoms with Gasteiger partial charge in [0.15, 0.2) is 0 Å². The SMILES string of the molecule is CCC1CC([Se]c2ccccc2)CN1Cc1ccccc1. The van der Waals surface area contributed by atoms with Crippen LogP contribution in [0.3, 0.4) is 0 Å². The third kappa shape index (κ3) is 3.97. The third-order valence-corrected chi connectivity index (χ3v) is 6.79. The molecule has 0 spiro atoms. The van der Waals surface area contributed by atoms with Crippen LogP contribution in [0.1, 0.15) is 25.3 Å². The van der Waals surface area contributed by atoms with Gasteiger partial charge in [0.25, 0.3) is 0 Å². The van der Waals surface area contributed by atoms with Gasteiger partial charge in [-0.3, -0.25) is 0 Å². The molecule has 0 amide bonds. The predicted octanol–water partition coefficient (Wildman–Crippen LogP) is 3.49. The quantitative estimate of drug-likeness (QED) is 0.751. The zero-order valence-corrected chi connectivity index (χ0v) is 14.3. The molecule has 0 aliphatic carbocycles. The van der Waals surface area contributed by atoms with Crippen molar-refractivity contribution in [3.8, 4) is 0 Å². The second-order valence-electron chi connectivity index (χ2n) is 5.77. The van der Waals surface area contributed by atoms with Gasteiger partial charge in [0.1, 0.15) is 0 Å². The first-order valence-corrected chi connectivity index (χ1v) is 9.69. The van der Waals surface area contributed by atoms with Crippen LogP contribution >= 0.6 is 0 Å². The summed E-state index contributed by atoms with van der Waals surface area (Å²) in [5.74, 6) is 0. The average molecular weight is 344 g/mol. The summed E-state index contributed by atoms with van der Waals surface area (Å²) in [5, 5.41) is 0. The Bertz CT molecular complexity index is 540. The van der Waals surface area contributed by atoms with E-state index >= 15 is 0 Å². The van der Waals surface area contributed by atoms with Crippen molar-refractivity contribution in [3.05, 3.63) is 66.2 Å². The van der Waals surface area contributed by atoms with Gasteiger partial charge in [0.05, 0.1) is 0 Å².